The van der Waals surface area contributed by atoms with E-state index in [1.807, 2.05) is 38.1 Å². The molecule has 1 amide bonds. The third kappa shape index (κ3) is 1.35. The maximum absolute atomic E-state index is 12.1. The fraction of sp³-hybridized carbons (Fsp3) is 0.417. The molecule has 0 saturated heterocycles. The molecule has 0 aliphatic carbocycles. The van der Waals surface area contributed by atoms with Gasteiger partial charge in [-0.15, -0.1) is 0 Å². The van der Waals surface area contributed by atoms with E-state index in [4.69, 9.17) is 5.73 Å². The van der Waals surface area contributed by atoms with E-state index in [0.717, 1.165) is 11.3 Å². The number of benzene rings is 1. The van der Waals surface area contributed by atoms with Crippen molar-refractivity contribution < 1.29 is 4.79 Å². The summed E-state index contributed by atoms with van der Waals surface area (Å²) in [5, 5.41) is 0. The fourth-order valence-corrected chi connectivity index (χ4v) is 2.15. The lowest BCUT2D eigenvalue weighted by molar-refractivity contribution is -0.122. The minimum absolute atomic E-state index is 0.147. The van der Waals surface area contributed by atoms with Crippen LogP contribution in [-0.2, 0) is 10.2 Å². The molecule has 1 aromatic carbocycles. The van der Waals surface area contributed by atoms with Crippen LogP contribution < -0.4 is 10.6 Å². The van der Waals surface area contributed by atoms with E-state index in [1.165, 1.54) is 0 Å². The molecular weight excluding hydrogens is 188 g/mol. The van der Waals surface area contributed by atoms with E-state index in [1.54, 1.807) is 4.90 Å². The zero-order valence-corrected chi connectivity index (χ0v) is 9.16. The summed E-state index contributed by atoms with van der Waals surface area (Å²) >= 11 is 0. The zero-order chi connectivity index (χ0) is 11.1. The van der Waals surface area contributed by atoms with Gasteiger partial charge in [-0.1, -0.05) is 18.2 Å². The van der Waals surface area contributed by atoms with Crippen molar-refractivity contribution in [2.75, 3.05) is 18.0 Å². The van der Waals surface area contributed by atoms with Crippen molar-refractivity contribution in [3.05, 3.63) is 29.8 Å². The summed E-state index contributed by atoms with van der Waals surface area (Å²) in [6.07, 6.45) is 0. The molecule has 80 valence electrons. The lowest BCUT2D eigenvalue weighted by atomic mass is 9.86. The largest absolute Gasteiger partial charge is 0.329 e. The van der Waals surface area contributed by atoms with Gasteiger partial charge in [-0.2, -0.15) is 0 Å². The number of carbonyl (C=O) groups excluding carboxylic acids is 1. The Kier molecular flexibility index (Phi) is 2.27. The molecular formula is C12H16N2O. The standard InChI is InChI=1S/C12H16N2O/c1-12(2)9-5-3-4-6-10(9)14(8-7-13)11(12)15/h3-6H,7-8,13H2,1-2H3. The number of hydrogen-bond donors (Lipinski definition) is 1. The van der Waals surface area contributed by atoms with Crippen LogP contribution in [0.1, 0.15) is 19.4 Å². The highest BCUT2D eigenvalue weighted by Crippen LogP contribution is 2.40. The average Bonchev–Trinajstić information content (AvgIpc) is 2.42. The van der Waals surface area contributed by atoms with Crippen molar-refractivity contribution >= 4 is 11.6 Å². The predicted molar refractivity (Wildman–Crippen MR) is 60.9 cm³/mol. The lowest BCUT2D eigenvalue weighted by Crippen LogP contribution is -2.38. The Bertz CT molecular complexity index is 398. The van der Waals surface area contributed by atoms with Crippen molar-refractivity contribution in [2.45, 2.75) is 19.3 Å². The number of nitrogens with two attached hydrogens (primary N) is 1. The number of anilines is 1. The second-order valence-corrected chi connectivity index (χ2v) is 4.39. The monoisotopic (exact) mass is 204 g/mol. The number of para-hydroxylation sites is 1. The summed E-state index contributed by atoms with van der Waals surface area (Å²) in [4.78, 5) is 13.9. The van der Waals surface area contributed by atoms with Crippen molar-refractivity contribution in [1.82, 2.24) is 0 Å². The molecule has 1 aliphatic heterocycles. The van der Waals surface area contributed by atoms with Gasteiger partial charge in [-0.3, -0.25) is 4.79 Å². The van der Waals surface area contributed by atoms with Gasteiger partial charge in [0.25, 0.3) is 0 Å². The first-order valence-electron chi connectivity index (χ1n) is 5.20. The van der Waals surface area contributed by atoms with Gasteiger partial charge in [0.15, 0.2) is 0 Å². The summed E-state index contributed by atoms with van der Waals surface area (Å²) < 4.78 is 0. The quantitative estimate of drug-likeness (QED) is 0.788. The fourth-order valence-electron chi connectivity index (χ4n) is 2.15. The average molecular weight is 204 g/mol. The number of amides is 1. The number of fused-ring (bicyclic) bond motifs is 1. The molecule has 0 saturated carbocycles. The highest BCUT2D eigenvalue weighted by molar-refractivity contribution is 6.07. The summed E-state index contributed by atoms with van der Waals surface area (Å²) in [6.45, 7) is 5.02. The Hall–Kier alpha value is -1.35. The van der Waals surface area contributed by atoms with Crippen LogP contribution in [-0.4, -0.2) is 19.0 Å². The Morgan fingerprint density at radius 3 is 2.67 bits per heavy atom. The van der Waals surface area contributed by atoms with Gasteiger partial charge >= 0.3 is 0 Å². The van der Waals surface area contributed by atoms with E-state index in [0.29, 0.717) is 13.1 Å². The Labute approximate surface area is 89.9 Å². The Balaban J connectivity index is 2.52. The number of hydrogen-bond acceptors (Lipinski definition) is 2. The molecule has 3 nitrogen and oxygen atoms in total. The number of rotatable bonds is 2. The van der Waals surface area contributed by atoms with Crippen LogP contribution >= 0.6 is 0 Å². The van der Waals surface area contributed by atoms with Crippen LogP contribution in [0.4, 0.5) is 5.69 Å². The molecule has 0 spiro atoms. The SMILES string of the molecule is CC1(C)C(=O)N(CCN)c2ccccc21. The molecule has 2 rings (SSSR count). The maximum atomic E-state index is 12.1. The summed E-state index contributed by atoms with van der Waals surface area (Å²) in [5.41, 5.74) is 7.22. The summed E-state index contributed by atoms with van der Waals surface area (Å²) in [7, 11) is 0. The lowest BCUT2D eigenvalue weighted by Gasteiger charge is -2.19. The highest BCUT2D eigenvalue weighted by atomic mass is 16.2. The van der Waals surface area contributed by atoms with Gasteiger partial charge in [-0.05, 0) is 25.5 Å². The van der Waals surface area contributed by atoms with Crippen LogP contribution in [0.25, 0.3) is 0 Å². The van der Waals surface area contributed by atoms with Crippen LogP contribution in [0.5, 0.6) is 0 Å². The minimum atomic E-state index is -0.411. The second-order valence-electron chi connectivity index (χ2n) is 4.39. The molecule has 0 aromatic heterocycles. The summed E-state index contributed by atoms with van der Waals surface area (Å²) in [6, 6.07) is 7.93. The smallest absolute Gasteiger partial charge is 0.237 e. The minimum Gasteiger partial charge on any atom is -0.329 e. The third-order valence-electron chi connectivity index (χ3n) is 3.00. The van der Waals surface area contributed by atoms with Crippen LogP contribution in [0, 0.1) is 0 Å². The van der Waals surface area contributed by atoms with Crippen molar-refractivity contribution in [3.63, 3.8) is 0 Å². The number of nitrogens with zero attached hydrogens (tertiary/aromatic N) is 1. The molecule has 0 radical (unpaired) electrons. The molecule has 0 bridgehead atoms. The van der Waals surface area contributed by atoms with Crippen molar-refractivity contribution in [1.29, 1.82) is 0 Å². The normalized spacial score (nSPS) is 18.1. The Morgan fingerprint density at radius 1 is 1.33 bits per heavy atom. The van der Waals surface area contributed by atoms with Crippen LogP contribution in [0.15, 0.2) is 24.3 Å². The molecule has 3 heteroatoms. The molecule has 2 N–H and O–H groups in total. The number of carbonyl (C=O) groups is 1. The van der Waals surface area contributed by atoms with Crippen molar-refractivity contribution in [2.24, 2.45) is 5.73 Å². The molecule has 1 heterocycles. The van der Waals surface area contributed by atoms with E-state index in [9.17, 15) is 4.79 Å². The van der Waals surface area contributed by atoms with Gasteiger partial charge in [0.1, 0.15) is 0 Å². The molecule has 1 aliphatic rings. The first-order chi connectivity index (χ1) is 7.09. The van der Waals surface area contributed by atoms with E-state index in [2.05, 4.69) is 0 Å². The van der Waals surface area contributed by atoms with Crippen LogP contribution in [0.2, 0.25) is 0 Å². The van der Waals surface area contributed by atoms with Gasteiger partial charge in [0.2, 0.25) is 5.91 Å². The maximum Gasteiger partial charge on any atom is 0.237 e. The second kappa shape index (κ2) is 3.35. The molecule has 0 atom stereocenters. The van der Waals surface area contributed by atoms with Gasteiger partial charge in [0, 0.05) is 18.8 Å². The van der Waals surface area contributed by atoms with Crippen LogP contribution in [0.3, 0.4) is 0 Å². The first-order valence-corrected chi connectivity index (χ1v) is 5.20. The van der Waals surface area contributed by atoms with E-state index < -0.39 is 5.41 Å². The topological polar surface area (TPSA) is 46.3 Å². The molecule has 1 aromatic rings. The van der Waals surface area contributed by atoms with Gasteiger partial charge in [-0.25, -0.2) is 0 Å². The van der Waals surface area contributed by atoms with E-state index in [-0.39, 0.29) is 5.91 Å². The first kappa shape index (κ1) is 10.2. The molecule has 0 fully saturated rings. The van der Waals surface area contributed by atoms with Crippen molar-refractivity contribution in [3.8, 4) is 0 Å². The Morgan fingerprint density at radius 2 is 2.00 bits per heavy atom. The molecule has 15 heavy (non-hydrogen) atoms. The summed E-state index contributed by atoms with van der Waals surface area (Å²) in [5.74, 6) is 0.147. The van der Waals surface area contributed by atoms with Gasteiger partial charge in [0.05, 0.1) is 5.41 Å². The highest BCUT2D eigenvalue weighted by Gasteiger charge is 2.42. The van der Waals surface area contributed by atoms with E-state index >= 15 is 0 Å². The zero-order valence-electron chi connectivity index (χ0n) is 9.16. The molecule has 0 unspecified atom stereocenters. The third-order valence-corrected chi connectivity index (χ3v) is 3.00. The van der Waals surface area contributed by atoms with Gasteiger partial charge < -0.3 is 10.6 Å². The predicted octanol–water partition coefficient (Wildman–Crippen LogP) is 1.27.